The van der Waals surface area contributed by atoms with Crippen molar-refractivity contribution >= 4 is 41.6 Å². The minimum atomic E-state index is -1.26. The second-order valence-corrected chi connectivity index (χ2v) is 8.64. The summed E-state index contributed by atoms with van der Waals surface area (Å²) in [6.07, 6.45) is 1.47. The molecule has 0 rings (SSSR count). The van der Waals surface area contributed by atoms with Crippen molar-refractivity contribution in [2.24, 2.45) is 55.1 Å². The molecule has 0 aromatic rings. The van der Waals surface area contributed by atoms with E-state index in [9.17, 15) is 19.2 Å². The summed E-state index contributed by atoms with van der Waals surface area (Å²) in [5.74, 6) is -3.64. The van der Waals surface area contributed by atoms with Gasteiger partial charge in [-0.1, -0.05) is 0 Å². The van der Waals surface area contributed by atoms with Gasteiger partial charge < -0.3 is 61.2 Å². The molecule has 222 valence electrons. The Balaban J connectivity index is 5.54. The van der Waals surface area contributed by atoms with Crippen molar-refractivity contribution in [3.05, 3.63) is 0 Å². The van der Waals surface area contributed by atoms with Crippen LogP contribution in [0.25, 0.3) is 0 Å². The Hall–Kier alpha value is -4.35. The normalized spacial score (nSPS) is 13.5. The number of guanidine groups is 3. The Labute approximate surface area is 226 Å². The van der Waals surface area contributed by atoms with Crippen LogP contribution in [0.15, 0.2) is 15.0 Å². The van der Waals surface area contributed by atoms with Crippen molar-refractivity contribution in [3.63, 3.8) is 0 Å². The zero-order valence-electron chi connectivity index (χ0n) is 22.1. The number of carbonyl (C=O) groups excluding carboxylic acids is 3. The molecule has 18 N–H and O–H groups in total. The molecule has 0 bridgehead atoms. The topological polar surface area (TPSA) is 344 Å². The summed E-state index contributed by atoms with van der Waals surface area (Å²) < 4.78 is 0. The number of nitrogens with one attached hydrogen (secondary N) is 3. The number of nitrogens with zero attached hydrogens (tertiary/aromatic N) is 3. The molecule has 0 aliphatic rings. The highest BCUT2D eigenvalue weighted by Crippen LogP contribution is 2.05. The van der Waals surface area contributed by atoms with E-state index < -0.39 is 47.9 Å². The Kier molecular flexibility index (Phi) is 16.7. The van der Waals surface area contributed by atoms with Gasteiger partial charge in [0.2, 0.25) is 17.7 Å². The zero-order chi connectivity index (χ0) is 30.0. The largest absolute Gasteiger partial charge is 0.480 e. The Morgan fingerprint density at radius 3 is 1.38 bits per heavy atom. The third-order valence-corrected chi connectivity index (χ3v) is 5.19. The fraction of sp³-hybridized carbons (Fsp3) is 0.667. The molecule has 0 radical (unpaired) electrons. The average molecular weight is 558 g/mol. The summed E-state index contributed by atoms with van der Waals surface area (Å²) in [4.78, 5) is 61.3. The van der Waals surface area contributed by atoms with Crippen molar-refractivity contribution in [1.82, 2.24) is 16.0 Å². The number of hydrogen-bond donors (Lipinski definition) is 11. The van der Waals surface area contributed by atoms with Crippen LogP contribution >= 0.6 is 0 Å². The van der Waals surface area contributed by atoms with Gasteiger partial charge in [0.1, 0.15) is 18.1 Å². The molecule has 0 fully saturated rings. The van der Waals surface area contributed by atoms with Gasteiger partial charge in [-0.3, -0.25) is 34.2 Å². The summed E-state index contributed by atoms with van der Waals surface area (Å²) in [7, 11) is 0. The molecule has 0 aromatic carbocycles. The summed E-state index contributed by atoms with van der Waals surface area (Å²) >= 11 is 0. The maximum atomic E-state index is 13.2. The lowest BCUT2D eigenvalue weighted by atomic mass is 10.1. The van der Waals surface area contributed by atoms with Crippen molar-refractivity contribution in [3.8, 4) is 0 Å². The number of aliphatic carboxylic acids is 1. The van der Waals surface area contributed by atoms with Crippen molar-refractivity contribution in [1.29, 1.82) is 0 Å². The molecule has 0 saturated carbocycles. The lowest BCUT2D eigenvalue weighted by molar-refractivity contribution is -0.141. The van der Waals surface area contributed by atoms with E-state index in [1.807, 2.05) is 0 Å². The predicted octanol–water partition coefficient (Wildman–Crippen LogP) is -4.97. The first-order valence-electron chi connectivity index (χ1n) is 12.3. The molecule has 0 aliphatic heterocycles. The quantitative estimate of drug-likeness (QED) is 0.0404. The van der Waals surface area contributed by atoms with Gasteiger partial charge in [-0.25, -0.2) is 0 Å². The minimum Gasteiger partial charge on any atom is -0.480 e. The zero-order valence-corrected chi connectivity index (χ0v) is 22.1. The van der Waals surface area contributed by atoms with E-state index in [2.05, 4.69) is 30.9 Å². The lowest BCUT2D eigenvalue weighted by Gasteiger charge is -2.24. The molecule has 0 aliphatic carbocycles. The van der Waals surface area contributed by atoms with Gasteiger partial charge in [0.15, 0.2) is 17.9 Å². The number of hydrogen-bond acceptors (Lipinski definition) is 8. The number of rotatable bonds is 19. The third kappa shape index (κ3) is 16.9. The second-order valence-electron chi connectivity index (χ2n) is 8.64. The first-order valence-corrected chi connectivity index (χ1v) is 12.3. The minimum absolute atomic E-state index is 0.0830. The van der Waals surface area contributed by atoms with Gasteiger partial charge >= 0.3 is 5.97 Å². The molecule has 0 aromatic heterocycles. The van der Waals surface area contributed by atoms with Crippen molar-refractivity contribution < 1.29 is 24.3 Å². The lowest BCUT2D eigenvalue weighted by Crippen LogP contribution is -2.56. The van der Waals surface area contributed by atoms with Crippen LogP contribution in [0, 0.1) is 0 Å². The smallest absolute Gasteiger partial charge is 0.325 e. The van der Waals surface area contributed by atoms with E-state index in [1.54, 1.807) is 0 Å². The van der Waals surface area contributed by atoms with Crippen LogP contribution in [0.4, 0.5) is 0 Å². The standard InChI is InChI=1S/C21H43N13O5/c1-11(18(38)39)32-16(36)13(6-3-9-30-20(25)26)34-17(37)14(7-4-10-31-21(27)28)33-15(35)12(22)5-2-8-29-19(23)24/h11-14H,2-10,22H2,1H3,(H,32,36)(H,33,35)(H,34,37)(H,38,39)(H4,23,24,29)(H4,25,26,30)(H4,27,28,31). The van der Waals surface area contributed by atoms with Crippen LogP contribution in [-0.2, 0) is 19.2 Å². The summed E-state index contributed by atoms with van der Waals surface area (Å²) in [5.41, 5.74) is 37.8. The monoisotopic (exact) mass is 557 g/mol. The van der Waals surface area contributed by atoms with Gasteiger partial charge in [-0.15, -0.1) is 0 Å². The van der Waals surface area contributed by atoms with E-state index in [4.69, 9.17) is 45.2 Å². The number of carbonyl (C=O) groups is 4. The average Bonchev–Trinajstić information content (AvgIpc) is 2.84. The van der Waals surface area contributed by atoms with Crippen LogP contribution in [-0.4, -0.2) is 90.5 Å². The van der Waals surface area contributed by atoms with Gasteiger partial charge in [0, 0.05) is 19.6 Å². The molecule has 3 amide bonds. The molecule has 18 nitrogen and oxygen atoms in total. The van der Waals surface area contributed by atoms with Crippen LogP contribution < -0.4 is 56.1 Å². The van der Waals surface area contributed by atoms with Crippen LogP contribution in [0.2, 0.25) is 0 Å². The van der Waals surface area contributed by atoms with Gasteiger partial charge in [0.25, 0.3) is 0 Å². The van der Waals surface area contributed by atoms with E-state index in [0.29, 0.717) is 19.3 Å². The van der Waals surface area contributed by atoms with E-state index in [0.717, 1.165) is 0 Å². The van der Waals surface area contributed by atoms with Gasteiger partial charge in [0.05, 0.1) is 6.04 Å². The molecule has 0 heterocycles. The van der Waals surface area contributed by atoms with Crippen LogP contribution in [0.5, 0.6) is 0 Å². The van der Waals surface area contributed by atoms with Crippen LogP contribution in [0.3, 0.4) is 0 Å². The third-order valence-electron chi connectivity index (χ3n) is 5.19. The molecule has 4 unspecified atom stereocenters. The highest BCUT2D eigenvalue weighted by molar-refractivity contribution is 5.94. The molecule has 18 heteroatoms. The molecular formula is C21H43N13O5. The van der Waals surface area contributed by atoms with Crippen molar-refractivity contribution in [2.45, 2.75) is 69.6 Å². The molecule has 0 saturated heterocycles. The summed E-state index contributed by atoms with van der Waals surface area (Å²) in [6.45, 7) is 1.91. The Morgan fingerprint density at radius 1 is 0.641 bits per heavy atom. The number of aliphatic imine (C=N–C) groups is 3. The second kappa shape index (κ2) is 18.8. The Morgan fingerprint density at radius 2 is 1.00 bits per heavy atom. The van der Waals surface area contributed by atoms with E-state index in [1.165, 1.54) is 6.92 Å². The SMILES string of the molecule is CC(NC(=O)C(CCCN=C(N)N)NC(=O)C(CCCN=C(N)N)NC(=O)C(N)CCCN=C(N)N)C(=O)O. The Bertz CT molecular complexity index is 897. The number of carboxylic acids is 1. The molecule has 39 heavy (non-hydrogen) atoms. The maximum Gasteiger partial charge on any atom is 0.325 e. The predicted molar refractivity (Wildman–Crippen MR) is 147 cm³/mol. The summed E-state index contributed by atoms with van der Waals surface area (Å²) in [5, 5.41) is 16.6. The molecule has 4 atom stereocenters. The van der Waals surface area contributed by atoms with Crippen LogP contribution in [0.1, 0.15) is 45.4 Å². The van der Waals surface area contributed by atoms with Gasteiger partial charge in [-0.05, 0) is 45.4 Å². The highest BCUT2D eigenvalue weighted by Gasteiger charge is 2.29. The first kappa shape index (κ1) is 34.6. The van der Waals surface area contributed by atoms with Crippen molar-refractivity contribution in [2.75, 3.05) is 19.6 Å². The van der Waals surface area contributed by atoms with E-state index in [-0.39, 0.29) is 56.8 Å². The van der Waals surface area contributed by atoms with E-state index >= 15 is 0 Å². The fourth-order valence-corrected chi connectivity index (χ4v) is 3.12. The number of carboxylic acid groups (broad SMARTS) is 1. The van der Waals surface area contributed by atoms with Gasteiger partial charge in [-0.2, -0.15) is 0 Å². The summed E-state index contributed by atoms with van der Waals surface area (Å²) in [6, 6.07) is -4.40. The molecule has 0 spiro atoms. The fourth-order valence-electron chi connectivity index (χ4n) is 3.12. The maximum absolute atomic E-state index is 13.2. The highest BCUT2D eigenvalue weighted by atomic mass is 16.4. The first-order chi connectivity index (χ1) is 18.2. The number of nitrogens with two attached hydrogens (primary N) is 7. The number of amides is 3. The molecular weight excluding hydrogens is 514 g/mol.